The van der Waals surface area contributed by atoms with Crippen molar-refractivity contribution in [3.05, 3.63) is 17.6 Å². The number of aromatic amines is 1. The lowest BCUT2D eigenvalue weighted by molar-refractivity contribution is 0.461. The molecule has 0 saturated carbocycles. The number of hydrogen-bond acceptors (Lipinski definition) is 6. The third-order valence-corrected chi connectivity index (χ3v) is 2.93. The molecule has 0 aliphatic rings. The van der Waals surface area contributed by atoms with Crippen molar-refractivity contribution in [1.82, 2.24) is 29.9 Å². The van der Waals surface area contributed by atoms with E-state index in [9.17, 15) is 0 Å². The molecule has 19 heavy (non-hydrogen) atoms. The third-order valence-electron chi connectivity index (χ3n) is 2.93. The van der Waals surface area contributed by atoms with Crippen LogP contribution >= 0.6 is 0 Å². The van der Waals surface area contributed by atoms with Crippen molar-refractivity contribution in [2.75, 3.05) is 5.73 Å². The van der Waals surface area contributed by atoms with Gasteiger partial charge in [0, 0.05) is 7.05 Å². The van der Waals surface area contributed by atoms with Crippen LogP contribution in [0.4, 0.5) is 5.95 Å². The molecule has 0 saturated heterocycles. The van der Waals surface area contributed by atoms with E-state index in [0.29, 0.717) is 22.7 Å². The molecule has 0 aliphatic carbocycles. The number of nitrogens with zero attached hydrogens (tertiary/aromatic N) is 5. The maximum absolute atomic E-state index is 5.84. The van der Waals surface area contributed by atoms with Gasteiger partial charge < -0.3 is 10.5 Å². The van der Waals surface area contributed by atoms with E-state index in [2.05, 4.69) is 25.3 Å². The number of ether oxygens (including phenoxy) is 1. The minimum atomic E-state index is 0.131. The number of nitrogens with two attached hydrogens (primary N) is 1. The SMILES string of the molecule is Cc1nn(C)c(C)c1Oc1nc(N)nc2[nH]ncc12. The lowest BCUT2D eigenvalue weighted by atomic mass is 10.3. The van der Waals surface area contributed by atoms with Crippen LogP contribution in [0.25, 0.3) is 11.0 Å². The highest BCUT2D eigenvalue weighted by molar-refractivity contribution is 5.80. The summed E-state index contributed by atoms with van der Waals surface area (Å²) < 4.78 is 7.59. The van der Waals surface area contributed by atoms with Crippen LogP contribution in [0, 0.1) is 13.8 Å². The van der Waals surface area contributed by atoms with Crippen molar-refractivity contribution in [1.29, 1.82) is 0 Å². The highest BCUT2D eigenvalue weighted by atomic mass is 16.5. The zero-order valence-corrected chi connectivity index (χ0v) is 10.8. The molecule has 0 unspecified atom stereocenters. The van der Waals surface area contributed by atoms with Gasteiger partial charge in [0.05, 0.1) is 11.9 Å². The largest absolute Gasteiger partial charge is 0.434 e. The summed E-state index contributed by atoms with van der Waals surface area (Å²) in [5, 5.41) is 11.6. The van der Waals surface area contributed by atoms with Gasteiger partial charge in [0.1, 0.15) is 11.1 Å². The minimum Gasteiger partial charge on any atom is -0.434 e. The number of aromatic nitrogens is 6. The number of anilines is 1. The maximum atomic E-state index is 5.84. The molecule has 0 amide bonds. The molecule has 3 aromatic rings. The summed E-state index contributed by atoms with van der Waals surface area (Å²) >= 11 is 0. The molecule has 0 aromatic carbocycles. The van der Waals surface area contributed by atoms with Gasteiger partial charge >= 0.3 is 0 Å². The van der Waals surface area contributed by atoms with E-state index in [1.807, 2.05) is 20.9 Å². The Bertz CT molecular complexity index is 758. The lowest BCUT2D eigenvalue weighted by Crippen LogP contribution is -1.99. The Balaban J connectivity index is 2.12. The molecule has 0 atom stereocenters. The van der Waals surface area contributed by atoms with E-state index in [0.717, 1.165) is 11.4 Å². The topological polar surface area (TPSA) is 108 Å². The average molecular weight is 259 g/mol. The Kier molecular flexibility index (Phi) is 2.37. The van der Waals surface area contributed by atoms with Gasteiger partial charge in [-0.2, -0.15) is 20.2 Å². The Morgan fingerprint density at radius 1 is 1.32 bits per heavy atom. The molecule has 0 aliphatic heterocycles. The molecule has 0 radical (unpaired) electrons. The van der Waals surface area contributed by atoms with Crippen LogP contribution in [0.5, 0.6) is 11.6 Å². The van der Waals surface area contributed by atoms with Gasteiger partial charge in [-0.05, 0) is 13.8 Å². The van der Waals surface area contributed by atoms with Gasteiger partial charge in [-0.1, -0.05) is 0 Å². The molecule has 3 heterocycles. The number of hydrogen-bond donors (Lipinski definition) is 2. The van der Waals surface area contributed by atoms with Crippen LogP contribution in [0.15, 0.2) is 6.20 Å². The number of aryl methyl sites for hydroxylation is 2. The first-order valence-corrected chi connectivity index (χ1v) is 5.71. The summed E-state index contributed by atoms with van der Waals surface area (Å²) in [7, 11) is 1.86. The van der Waals surface area contributed by atoms with Gasteiger partial charge in [0.15, 0.2) is 11.4 Å². The molecule has 3 N–H and O–H groups in total. The van der Waals surface area contributed by atoms with Gasteiger partial charge in [0.2, 0.25) is 11.8 Å². The Hall–Kier alpha value is -2.64. The smallest absolute Gasteiger partial charge is 0.235 e. The van der Waals surface area contributed by atoms with Crippen molar-refractivity contribution in [2.45, 2.75) is 13.8 Å². The normalized spacial score (nSPS) is 11.1. The average Bonchev–Trinajstić information content (AvgIpc) is 2.90. The standard InChI is InChI=1S/C11H13N7O/c1-5-8(6(2)18(3)17-5)19-10-7-4-13-16-9(7)14-11(12)15-10/h4H,1-3H3,(H3,12,13,14,15,16). The second-order valence-corrected chi connectivity index (χ2v) is 4.24. The first-order chi connectivity index (χ1) is 9.06. The first-order valence-electron chi connectivity index (χ1n) is 5.71. The molecule has 3 aromatic heterocycles. The molecule has 8 nitrogen and oxygen atoms in total. The lowest BCUT2D eigenvalue weighted by Gasteiger charge is -2.06. The van der Waals surface area contributed by atoms with Gasteiger partial charge in [-0.3, -0.25) is 9.78 Å². The molecule has 3 rings (SSSR count). The fourth-order valence-corrected chi connectivity index (χ4v) is 1.90. The molecular weight excluding hydrogens is 246 g/mol. The van der Waals surface area contributed by atoms with Crippen molar-refractivity contribution in [3.63, 3.8) is 0 Å². The monoisotopic (exact) mass is 259 g/mol. The zero-order valence-electron chi connectivity index (χ0n) is 10.8. The summed E-state index contributed by atoms with van der Waals surface area (Å²) in [4.78, 5) is 8.14. The van der Waals surface area contributed by atoms with E-state index in [-0.39, 0.29) is 5.95 Å². The molecular formula is C11H13N7O. The van der Waals surface area contributed by atoms with Gasteiger partial charge in [0.25, 0.3) is 0 Å². The van der Waals surface area contributed by atoms with Crippen LogP contribution < -0.4 is 10.5 Å². The highest BCUT2D eigenvalue weighted by Crippen LogP contribution is 2.30. The maximum Gasteiger partial charge on any atom is 0.235 e. The Morgan fingerprint density at radius 3 is 2.79 bits per heavy atom. The molecule has 98 valence electrons. The van der Waals surface area contributed by atoms with E-state index < -0.39 is 0 Å². The molecule has 0 bridgehead atoms. The fraction of sp³-hybridized carbons (Fsp3) is 0.273. The zero-order chi connectivity index (χ0) is 13.6. The first kappa shape index (κ1) is 11.5. The summed E-state index contributed by atoms with van der Waals surface area (Å²) in [5.74, 6) is 1.17. The highest BCUT2D eigenvalue weighted by Gasteiger charge is 2.16. The van der Waals surface area contributed by atoms with Crippen molar-refractivity contribution >= 4 is 17.0 Å². The Labute approximate surface area is 108 Å². The number of nitrogen functional groups attached to an aromatic ring is 1. The number of H-pyrrole nitrogens is 1. The van der Waals surface area contributed by atoms with Gasteiger partial charge in [-0.15, -0.1) is 0 Å². The van der Waals surface area contributed by atoms with Crippen LogP contribution in [0.3, 0.4) is 0 Å². The summed E-state index contributed by atoms with van der Waals surface area (Å²) in [5.41, 5.74) is 7.89. The number of nitrogens with one attached hydrogen (secondary N) is 1. The van der Waals surface area contributed by atoms with Crippen LogP contribution in [0.1, 0.15) is 11.4 Å². The van der Waals surface area contributed by atoms with Crippen molar-refractivity contribution < 1.29 is 4.74 Å². The molecule has 0 spiro atoms. The van der Waals surface area contributed by atoms with E-state index in [1.165, 1.54) is 0 Å². The van der Waals surface area contributed by atoms with Crippen molar-refractivity contribution in [3.8, 4) is 11.6 Å². The summed E-state index contributed by atoms with van der Waals surface area (Å²) in [6, 6.07) is 0. The molecule has 8 heteroatoms. The third kappa shape index (κ3) is 1.77. The van der Waals surface area contributed by atoms with Crippen LogP contribution in [-0.4, -0.2) is 29.9 Å². The van der Waals surface area contributed by atoms with E-state index in [1.54, 1.807) is 10.9 Å². The van der Waals surface area contributed by atoms with E-state index in [4.69, 9.17) is 10.5 Å². The fourth-order valence-electron chi connectivity index (χ4n) is 1.90. The molecule has 0 fully saturated rings. The van der Waals surface area contributed by atoms with E-state index >= 15 is 0 Å². The Morgan fingerprint density at radius 2 is 2.11 bits per heavy atom. The number of rotatable bonds is 2. The second kappa shape index (κ2) is 3.94. The van der Waals surface area contributed by atoms with Crippen molar-refractivity contribution in [2.24, 2.45) is 7.05 Å². The van der Waals surface area contributed by atoms with Crippen LogP contribution in [-0.2, 0) is 7.05 Å². The van der Waals surface area contributed by atoms with Gasteiger partial charge in [-0.25, -0.2) is 0 Å². The number of fused-ring (bicyclic) bond motifs is 1. The predicted molar refractivity (Wildman–Crippen MR) is 68.9 cm³/mol. The quantitative estimate of drug-likeness (QED) is 0.713. The predicted octanol–water partition coefficient (Wildman–Crippen LogP) is 1.08. The summed E-state index contributed by atoms with van der Waals surface area (Å²) in [6.07, 6.45) is 1.60. The minimum absolute atomic E-state index is 0.131. The second-order valence-electron chi connectivity index (χ2n) is 4.24. The summed E-state index contributed by atoms with van der Waals surface area (Å²) in [6.45, 7) is 3.80. The van der Waals surface area contributed by atoms with Crippen LogP contribution in [0.2, 0.25) is 0 Å².